The summed E-state index contributed by atoms with van der Waals surface area (Å²) in [4.78, 5) is 7.56. The maximum atomic E-state index is 13.2. The highest BCUT2D eigenvalue weighted by Gasteiger charge is 2.11. The Morgan fingerprint density at radius 3 is 2.75 bits per heavy atom. The predicted molar refractivity (Wildman–Crippen MR) is 86.1 cm³/mol. The zero-order valence-electron chi connectivity index (χ0n) is 11.0. The van der Waals surface area contributed by atoms with Gasteiger partial charge < -0.3 is 4.98 Å². The van der Waals surface area contributed by atoms with Gasteiger partial charge in [-0.3, -0.25) is 0 Å². The minimum atomic E-state index is -0.450. The molecule has 0 fully saturated rings. The van der Waals surface area contributed by atoms with E-state index < -0.39 is 5.82 Å². The van der Waals surface area contributed by atoms with Gasteiger partial charge in [-0.2, -0.15) is 0 Å². The highest BCUT2D eigenvalue weighted by molar-refractivity contribution is 9.10. The molecular formula is C14H13BrClFN2S. The smallest absolute Gasteiger partial charge is 0.144 e. The Labute approximate surface area is 135 Å². The standard InChI is InChI=1S/C14H13BrClFN2S/c1-7(2)5-11-12(15)14(20)19-13(18-11)8-3-4-10(17)9(16)6-8/h3-4,6-7H,5H2,1-2H3,(H,18,19,20). The average Bonchev–Trinajstić information content (AvgIpc) is 2.37. The van der Waals surface area contributed by atoms with E-state index in [0.717, 1.165) is 16.6 Å². The van der Waals surface area contributed by atoms with Crippen molar-refractivity contribution in [2.75, 3.05) is 0 Å². The quantitative estimate of drug-likeness (QED) is 0.711. The molecule has 0 unspecified atom stereocenters. The number of halogens is 3. The monoisotopic (exact) mass is 374 g/mol. The Morgan fingerprint density at radius 1 is 1.45 bits per heavy atom. The number of aromatic amines is 1. The van der Waals surface area contributed by atoms with Gasteiger partial charge in [0.1, 0.15) is 16.3 Å². The summed E-state index contributed by atoms with van der Waals surface area (Å²) in [7, 11) is 0. The normalized spacial score (nSPS) is 11.1. The van der Waals surface area contributed by atoms with Crippen molar-refractivity contribution in [3.05, 3.63) is 43.8 Å². The van der Waals surface area contributed by atoms with Crippen molar-refractivity contribution in [3.8, 4) is 11.4 Å². The van der Waals surface area contributed by atoms with Crippen molar-refractivity contribution in [2.24, 2.45) is 5.92 Å². The maximum absolute atomic E-state index is 13.2. The van der Waals surface area contributed by atoms with E-state index in [0.29, 0.717) is 21.9 Å². The largest absolute Gasteiger partial charge is 0.342 e. The Bertz CT molecular complexity index is 700. The number of rotatable bonds is 3. The highest BCUT2D eigenvalue weighted by atomic mass is 79.9. The summed E-state index contributed by atoms with van der Waals surface area (Å²) in [5, 5.41) is 0.0666. The van der Waals surface area contributed by atoms with Gasteiger partial charge in [0.2, 0.25) is 0 Å². The second kappa shape index (κ2) is 6.33. The van der Waals surface area contributed by atoms with Crippen LogP contribution in [0.5, 0.6) is 0 Å². The summed E-state index contributed by atoms with van der Waals surface area (Å²) in [6, 6.07) is 4.49. The van der Waals surface area contributed by atoms with E-state index in [4.69, 9.17) is 23.8 Å². The molecule has 0 aliphatic rings. The molecule has 1 N–H and O–H groups in total. The number of hydrogen-bond acceptors (Lipinski definition) is 2. The molecule has 1 heterocycles. The Morgan fingerprint density at radius 2 is 2.15 bits per heavy atom. The molecule has 2 nitrogen and oxygen atoms in total. The first-order valence-electron chi connectivity index (χ1n) is 6.12. The van der Waals surface area contributed by atoms with E-state index in [1.165, 1.54) is 12.1 Å². The summed E-state index contributed by atoms with van der Waals surface area (Å²) in [5.41, 5.74) is 1.69. The van der Waals surface area contributed by atoms with Crippen molar-refractivity contribution in [2.45, 2.75) is 20.3 Å². The molecule has 0 atom stereocenters. The van der Waals surface area contributed by atoms with Crippen LogP contribution in [-0.2, 0) is 6.42 Å². The van der Waals surface area contributed by atoms with Crippen molar-refractivity contribution in [1.29, 1.82) is 0 Å². The molecule has 0 radical (unpaired) electrons. The second-order valence-electron chi connectivity index (χ2n) is 4.91. The fourth-order valence-electron chi connectivity index (χ4n) is 1.83. The van der Waals surface area contributed by atoms with Crippen LogP contribution in [0, 0.1) is 16.4 Å². The minimum Gasteiger partial charge on any atom is -0.342 e. The van der Waals surface area contributed by atoms with Gasteiger partial charge >= 0.3 is 0 Å². The molecule has 0 spiro atoms. The number of nitrogens with one attached hydrogen (secondary N) is 1. The molecule has 1 aromatic carbocycles. The van der Waals surface area contributed by atoms with Crippen LogP contribution in [0.3, 0.4) is 0 Å². The molecule has 0 saturated carbocycles. The molecule has 6 heteroatoms. The van der Waals surface area contributed by atoms with Gasteiger partial charge in [-0.25, -0.2) is 9.37 Å². The van der Waals surface area contributed by atoms with E-state index in [2.05, 4.69) is 39.7 Å². The lowest BCUT2D eigenvalue weighted by Crippen LogP contribution is -2.02. The number of benzene rings is 1. The summed E-state index contributed by atoms with van der Waals surface area (Å²) in [5.74, 6) is 0.619. The van der Waals surface area contributed by atoms with Gasteiger partial charge in [-0.15, -0.1) is 0 Å². The van der Waals surface area contributed by atoms with Gasteiger partial charge in [0.15, 0.2) is 0 Å². The molecule has 1 aromatic heterocycles. The first kappa shape index (κ1) is 15.6. The van der Waals surface area contributed by atoms with Crippen LogP contribution < -0.4 is 0 Å². The van der Waals surface area contributed by atoms with Crippen LogP contribution in [0.15, 0.2) is 22.7 Å². The molecule has 0 saturated heterocycles. The lowest BCUT2D eigenvalue weighted by atomic mass is 10.1. The van der Waals surface area contributed by atoms with Crippen LogP contribution in [0.4, 0.5) is 4.39 Å². The molecular weight excluding hydrogens is 363 g/mol. The van der Waals surface area contributed by atoms with Crippen molar-refractivity contribution in [3.63, 3.8) is 0 Å². The SMILES string of the molecule is CC(C)Cc1[nH]c(-c2ccc(F)c(Cl)c2)nc(=S)c1Br. The fraction of sp³-hybridized carbons (Fsp3) is 0.286. The van der Waals surface area contributed by atoms with Crippen LogP contribution in [-0.4, -0.2) is 9.97 Å². The summed E-state index contributed by atoms with van der Waals surface area (Å²) >= 11 is 14.5. The first-order chi connectivity index (χ1) is 9.38. The molecule has 0 aliphatic carbocycles. The predicted octanol–water partition coefficient (Wildman–Crippen LogP) is 5.56. The second-order valence-corrected chi connectivity index (χ2v) is 6.50. The molecule has 20 heavy (non-hydrogen) atoms. The van der Waals surface area contributed by atoms with Gasteiger partial charge in [0, 0.05) is 11.3 Å². The highest BCUT2D eigenvalue weighted by Crippen LogP contribution is 2.26. The summed E-state index contributed by atoms with van der Waals surface area (Å²) in [6.45, 7) is 4.25. The average molecular weight is 376 g/mol. The van der Waals surface area contributed by atoms with E-state index >= 15 is 0 Å². The Kier molecular flexibility index (Phi) is 4.94. The molecule has 2 rings (SSSR count). The Balaban J connectivity index is 2.54. The van der Waals surface area contributed by atoms with Crippen LogP contribution in [0.2, 0.25) is 5.02 Å². The van der Waals surface area contributed by atoms with E-state index in [1.54, 1.807) is 6.07 Å². The third-order valence-electron chi connectivity index (χ3n) is 2.74. The third kappa shape index (κ3) is 3.45. The number of H-pyrrole nitrogens is 1. The number of hydrogen-bond donors (Lipinski definition) is 1. The molecule has 0 aliphatic heterocycles. The van der Waals surface area contributed by atoms with Crippen molar-refractivity contribution < 1.29 is 4.39 Å². The maximum Gasteiger partial charge on any atom is 0.144 e. The minimum absolute atomic E-state index is 0.0666. The van der Waals surface area contributed by atoms with Gasteiger partial charge in [-0.05, 0) is 46.5 Å². The third-order valence-corrected chi connectivity index (χ3v) is 4.44. The fourth-order valence-corrected chi connectivity index (χ4v) is 2.58. The van der Waals surface area contributed by atoms with E-state index in [1.807, 2.05) is 0 Å². The number of aromatic nitrogens is 2. The molecule has 0 amide bonds. The van der Waals surface area contributed by atoms with Crippen LogP contribution in [0.1, 0.15) is 19.5 Å². The zero-order chi connectivity index (χ0) is 14.9. The topological polar surface area (TPSA) is 28.7 Å². The van der Waals surface area contributed by atoms with E-state index in [-0.39, 0.29) is 5.02 Å². The summed E-state index contributed by atoms with van der Waals surface area (Å²) in [6.07, 6.45) is 0.842. The Hall–Kier alpha value is -0.780. The molecule has 0 bridgehead atoms. The summed E-state index contributed by atoms with van der Waals surface area (Å²) < 4.78 is 14.5. The lowest BCUT2D eigenvalue weighted by Gasteiger charge is -2.11. The van der Waals surface area contributed by atoms with Crippen molar-refractivity contribution in [1.82, 2.24) is 9.97 Å². The van der Waals surface area contributed by atoms with Crippen molar-refractivity contribution >= 4 is 39.7 Å². The first-order valence-corrected chi connectivity index (χ1v) is 7.70. The zero-order valence-corrected chi connectivity index (χ0v) is 14.2. The number of nitrogens with zero attached hydrogens (tertiary/aromatic N) is 1. The van der Waals surface area contributed by atoms with Gasteiger partial charge in [-0.1, -0.05) is 37.7 Å². The van der Waals surface area contributed by atoms with Gasteiger partial charge in [0.25, 0.3) is 0 Å². The van der Waals surface area contributed by atoms with E-state index in [9.17, 15) is 4.39 Å². The molecule has 106 valence electrons. The lowest BCUT2D eigenvalue weighted by molar-refractivity contribution is 0.628. The molecule has 2 aromatic rings. The van der Waals surface area contributed by atoms with Crippen LogP contribution in [0.25, 0.3) is 11.4 Å². The van der Waals surface area contributed by atoms with Gasteiger partial charge in [0.05, 0.1) is 9.50 Å². The van der Waals surface area contributed by atoms with Crippen LogP contribution >= 0.6 is 39.7 Å².